The van der Waals surface area contributed by atoms with Gasteiger partial charge < -0.3 is 19.5 Å². The lowest BCUT2D eigenvalue weighted by molar-refractivity contribution is -0.384. The van der Waals surface area contributed by atoms with Gasteiger partial charge in [-0.05, 0) is 30.3 Å². The number of esters is 1. The first-order chi connectivity index (χ1) is 15.4. The highest BCUT2D eigenvalue weighted by Crippen LogP contribution is 2.33. The van der Waals surface area contributed by atoms with Crippen molar-refractivity contribution < 1.29 is 28.7 Å². The molecule has 0 spiro atoms. The molecule has 162 valence electrons. The summed E-state index contributed by atoms with van der Waals surface area (Å²) in [7, 11) is 0. The van der Waals surface area contributed by atoms with E-state index in [2.05, 4.69) is 5.32 Å². The summed E-state index contributed by atoms with van der Waals surface area (Å²) in [6.07, 6.45) is -1.32. The predicted molar refractivity (Wildman–Crippen MR) is 114 cm³/mol. The highest BCUT2D eigenvalue weighted by atomic mass is 35.5. The van der Waals surface area contributed by atoms with Gasteiger partial charge in [-0.1, -0.05) is 41.9 Å². The maximum atomic E-state index is 13.0. The minimum Gasteiger partial charge on any atom is -0.454 e. The molecule has 0 fully saturated rings. The van der Waals surface area contributed by atoms with Crippen molar-refractivity contribution in [1.29, 1.82) is 0 Å². The van der Waals surface area contributed by atoms with E-state index in [-0.39, 0.29) is 28.8 Å². The van der Waals surface area contributed by atoms with Crippen LogP contribution in [0, 0.1) is 10.1 Å². The number of ether oxygens (including phenoxy) is 3. The molecule has 1 heterocycles. The molecule has 3 aromatic carbocycles. The third-order valence-corrected chi connectivity index (χ3v) is 4.90. The summed E-state index contributed by atoms with van der Waals surface area (Å²) in [5, 5.41) is 13.6. The first-order valence-corrected chi connectivity index (χ1v) is 9.70. The fourth-order valence-corrected chi connectivity index (χ4v) is 3.22. The summed E-state index contributed by atoms with van der Waals surface area (Å²) in [4.78, 5) is 36.2. The summed E-state index contributed by atoms with van der Waals surface area (Å²) >= 11 is 5.82. The molecule has 0 aliphatic carbocycles. The first kappa shape index (κ1) is 21.1. The molecular formula is C22H15ClN2O7. The molecule has 3 aromatic rings. The van der Waals surface area contributed by atoms with Gasteiger partial charge in [-0.25, -0.2) is 4.79 Å². The molecule has 1 unspecified atom stereocenters. The topological polar surface area (TPSA) is 117 Å². The van der Waals surface area contributed by atoms with Crippen LogP contribution < -0.4 is 14.8 Å². The van der Waals surface area contributed by atoms with Gasteiger partial charge in [0.05, 0.1) is 10.5 Å². The van der Waals surface area contributed by atoms with Crippen LogP contribution in [0.25, 0.3) is 0 Å². The lowest BCUT2D eigenvalue weighted by Crippen LogP contribution is -2.26. The number of carbonyl (C=O) groups is 2. The van der Waals surface area contributed by atoms with Gasteiger partial charge in [0.1, 0.15) is 5.02 Å². The molecule has 0 saturated heterocycles. The molecule has 32 heavy (non-hydrogen) atoms. The molecule has 1 aliphatic heterocycles. The lowest BCUT2D eigenvalue weighted by Gasteiger charge is -2.18. The van der Waals surface area contributed by atoms with Gasteiger partial charge in [0.25, 0.3) is 11.6 Å². The number of amides is 1. The Balaban J connectivity index is 1.58. The zero-order valence-corrected chi connectivity index (χ0v) is 17.1. The zero-order valence-electron chi connectivity index (χ0n) is 16.3. The van der Waals surface area contributed by atoms with Gasteiger partial charge in [0, 0.05) is 17.3 Å². The fourth-order valence-electron chi connectivity index (χ4n) is 3.04. The Morgan fingerprint density at radius 1 is 1.03 bits per heavy atom. The molecule has 1 atom stereocenters. The van der Waals surface area contributed by atoms with Crippen molar-refractivity contribution in [2.24, 2.45) is 0 Å². The SMILES string of the molecule is O=C(OC(C(=O)Nc1ccc(Cl)c([N+](=O)[O-])c1)c1ccccc1)c1ccc2c(c1)OCO2. The molecule has 0 aromatic heterocycles. The first-order valence-electron chi connectivity index (χ1n) is 9.33. The van der Waals surface area contributed by atoms with E-state index in [1.165, 1.54) is 24.3 Å². The number of nitrogens with zero attached hydrogens (tertiary/aromatic N) is 1. The summed E-state index contributed by atoms with van der Waals surface area (Å²) in [6.45, 7) is 0.0517. The van der Waals surface area contributed by atoms with Crippen molar-refractivity contribution in [3.8, 4) is 11.5 Å². The highest BCUT2D eigenvalue weighted by molar-refractivity contribution is 6.32. The Morgan fingerprint density at radius 3 is 2.53 bits per heavy atom. The minimum atomic E-state index is -1.32. The molecule has 0 radical (unpaired) electrons. The Bertz CT molecular complexity index is 1200. The van der Waals surface area contributed by atoms with E-state index in [9.17, 15) is 19.7 Å². The smallest absolute Gasteiger partial charge is 0.339 e. The standard InChI is InChI=1S/C22H15ClN2O7/c23-16-8-7-15(11-17(16)25(28)29)24-21(26)20(13-4-2-1-3-5-13)32-22(27)14-6-9-18-19(10-14)31-12-30-18/h1-11,20H,12H2,(H,24,26). The third kappa shape index (κ3) is 4.47. The number of rotatable bonds is 6. The van der Waals surface area contributed by atoms with E-state index in [0.717, 1.165) is 6.07 Å². The fraction of sp³-hybridized carbons (Fsp3) is 0.0909. The number of hydrogen-bond donors (Lipinski definition) is 1. The Labute approximate surface area is 186 Å². The quantitative estimate of drug-likeness (QED) is 0.330. The maximum Gasteiger partial charge on any atom is 0.339 e. The summed E-state index contributed by atoms with van der Waals surface area (Å²) in [5.74, 6) is -0.548. The molecule has 1 N–H and O–H groups in total. The van der Waals surface area contributed by atoms with Crippen molar-refractivity contribution in [3.05, 3.63) is 93.0 Å². The van der Waals surface area contributed by atoms with Gasteiger partial charge in [-0.3, -0.25) is 14.9 Å². The van der Waals surface area contributed by atoms with E-state index in [4.69, 9.17) is 25.8 Å². The number of nitro groups is 1. The molecule has 10 heteroatoms. The van der Waals surface area contributed by atoms with E-state index in [1.54, 1.807) is 36.4 Å². The third-order valence-electron chi connectivity index (χ3n) is 4.58. The van der Waals surface area contributed by atoms with Gasteiger partial charge in [0.15, 0.2) is 11.5 Å². The predicted octanol–water partition coefficient (Wildman–Crippen LogP) is 4.51. The van der Waals surface area contributed by atoms with E-state index < -0.39 is 22.9 Å². The Morgan fingerprint density at radius 2 is 1.78 bits per heavy atom. The molecule has 0 saturated carbocycles. The van der Waals surface area contributed by atoms with Gasteiger partial charge in [-0.15, -0.1) is 0 Å². The van der Waals surface area contributed by atoms with Gasteiger partial charge >= 0.3 is 5.97 Å². The zero-order chi connectivity index (χ0) is 22.7. The second-order valence-corrected chi connectivity index (χ2v) is 7.08. The number of hydrogen-bond acceptors (Lipinski definition) is 7. The molecule has 9 nitrogen and oxygen atoms in total. The van der Waals surface area contributed by atoms with Crippen molar-refractivity contribution in [2.45, 2.75) is 6.10 Å². The maximum absolute atomic E-state index is 13.0. The van der Waals surface area contributed by atoms with Crippen molar-refractivity contribution in [1.82, 2.24) is 0 Å². The number of nitrogens with one attached hydrogen (secondary N) is 1. The molecule has 4 rings (SSSR count). The van der Waals surface area contributed by atoms with Crippen LogP contribution in [0.5, 0.6) is 11.5 Å². The van der Waals surface area contributed by atoms with Crippen molar-refractivity contribution in [3.63, 3.8) is 0 Å². The summed E-state index contributed by atoms with van der Waals surface area (Å²) in [5.41, 5.74) is 0.358. The normalized spacial score (nSPS) is 12.7. The molecule has 1 aliphatic rings. The van der Waals surface area contributed by atoms with Gasteiger partial charge in [0.2, 0.25) is 12.9 Å². The number of benzene rings is 3. The Kier molecular flexibility index (Phi) is 5.91. The largest absolute Gasteiger partial charge is 0.454 e. The lowest BCUT2D eigenvalue weighted by atomic mass is 10.1. The van der Waals surface area contributed by atoms with Crippen LogP contribution >= 0.6 is 11.6 Å². The minimum absolute atomic E-state index is 0.0517. The van der Waals surface area contributed by atoms with Crippen LogP contribution in [-0.4, -0.2) is 23.6 Å². The number of fused-ring (bicyclic) bond motifs is 1. The summed E-state index contributed by atoms with van der Waals surface area (Å²) in [6, 6.07) is 16.8. The number of carbonyl (C=O) groups excluding carboxylic acids is 2. The number of halogens is 1. The molecular weight excluding hydrogens is 440 g/mol. The van der Waals surface area contributed by atoms with Crippen LogP contribution in [0.15, 0.2) is 66.7 Å². The number of anilines is 1. The average Bonchev–Trinajstić information content (AvgIpc) is 3.27. The Hall–Kier alpha value is -4.11. The van der Waals surface area contributed by atoms with Crippen LogP contribution in [0.3, 0.4) is 0 Å². The van der Waals surface area contributed by atoms with Crippen molar-refractivity contribution >= 4 is 34.9 Å². The van der Waals surface area contributed by atoms with Gasteiger partial charge in [-0.2, -0.15) is 0 Å². The highest BCUT2D eigenvalue weighted by Gasteiger charge is 2.27. The average molecular weight is 455 g/mol. The number of nitro benzene ring substituents is 1. The second-order valence-electron chi connectivity index (χ2n) is 6.68. The van der Waals surface area contributed by atoms with Crippen LogP contribution in [-0.2, 0) is 9.53 Å². The van der Waals surface area contributed by atoms with E-state index in [1.807, 2.05) is 0 Å². The van der Waals surface area contributed by atoms with Crippen LogP contribution in [0.2, 0.25) is 5.02 Å². The monoisotopic (exact) mass is 454 g/mol. The van der Waals surface area contributed by atoms with Crippen LogP contribution in [0.4, 0.5) is 11.4 Å². The molecule has 0 bridgehead atoms. The molecule has 1 amide bonds. The van der Waals surface area contributed by atoms with E-state index in [0.29, 0.717) is 17.1 Å². The van der Waals surface area contributed by atoms with E-state index >= 15 is 0 Å². The van der Waals surface area contributed by atoms with Crippen molar-refractivity contribution in [2.75, 3.05) is 12.1 Å². The summed E-state index contributed by atoms with van der Waals surface area (Å²) < 4.78 is 16.0. The van der Waals surface area contributed by atoms with Crippen LogP contribution in [0.1, 0.15) is 22.0 Å². The second kappa shape index (κ2) is 8.94.